The van der Waals surface area contributed by atoms with Gasteiger partial charge in [0.2, 0.25) is 0 Å². The highest BCUT2D eigenvalue weighted by atomic mass is 79.9. The monoisotopic (exact) mass is 371 g/mol. The molecule has 0 aromatic heterocycles. The summed E-state index contributed by atoms with van der Waals surface area (Å²) in [6.45, 7) is 0. The van der Waals surface area contributed by atoms with E-state index in [2.05, 4.69) is 15.9 Å². The molecule has 102 valence electrons. The zero-order valence-electron chi connectivity index (χ0n) is 10.0. The number of halogens is 3. The highest BCUT2D eigenvalue weighted by molar-refractivity contribution is 9.10. The lowest BCUT2D eigenvalue weighted by molar-refractivity contribution is -0.385. The van der Waals surface area contributed by atoms with E-state index in [9.17, 15) is 10.1 Å². The van der Waals surface area contributed by atoms with Gasteiger partial charge in [-0.25, -0.2) is 0 Å². The number of benzene rings is 2. The summed E-state index contributed by atoms with van der Waals surface area (Å²) in [6, 6.07) is 9.90. The van der Waals surface area contributed by atoms with Gasteiger partial charge in [-0.2, -0.15) is 0 Å². The quantitative estimate of drug-likeness (QED) is 0.386. The van der Waals surface area contributed by atoms with Crippen molar-refractivity contribution < 1.29 is 4.92 Å². The van der Waals surface area contributed by atoms with Gasteiger partial charge in [0.1, 0.15) is 0 Å². The average Bonchev–Trinajstić information content (AvgIpc) is 2.38. The predicted molar refractivity (Wildman–Crippen MR) is 86.2 cm³/mol. The number of hydrogen-bond acceptors (Lipinski definition) is 2. The second kappa shape index (κ2) is 6.39. The van der Waals surface area contributed by atoms with Gasteiger partial charge in [-0.3, -0.25) is 10.1 Å². The van der Waals surface area contributed by atoms with E-state index in [1.165, 1.54) is 6.07 Å². The SMILES string of the molecule is O=[N+]([O-])c1cc(Cl)ccc1C=Cc1ccc(Cl)cc1Br. The molecule has 0 heterocycles. The van der Waals surface area contributed by atoms with Crippen LogP contribution in [0.3, 0.4) is 0 Å². The van der Waals surface area contributed by atoms with Crippen molar-refractivity contribution in [2.75, 3.05) is 0 Å². The third-order valence-electron chi connectivity index (χ3n) is 2.59. The van der Waals surface area contributed by atoms with E-state index >= 15 is 0 Å². The van der Waals surface area contributed by atoms with Crippen LogP contribution >= 0.6 is 39.1 Å². The molecule has 0 radical (unpaired) electrons. The molecular weight excluding hydrogens is 365 g/mol. The normalized spacial score (nSPS) is 10.9. The Hall–Kier alpha value is -1.36. The fourth-order valence-electron chi connectivity index (χ4n) is 1.63. The smallest absolute Gasteiger partial charge is 0.258 e. The molecule has 6 heteroatoms. The van der Waals surface area contributed by atoms with Crippen molar-refractivity contribution in [1.29, 1.82) is 0 Å². The van der Waals surface area contributed by atoms with Gasteiger partial charge in [0.25, 0.3) is 5.69 Å². The Bertz CT molecular complexity index is 702. The third kappa shape index (κ3) is 3.60. The van der Waals surface area contributed by atoms with Crippen LogP contribution in [0.25, 0.3) is 12.2 Å². The fourth-order valence-corrected chi connectivity index (χ4v) is 2.61. The molecule has 3 nitrogen and oxygen atoms in total. The molecule has 0 atom stereocenters. The van der Waals surface area contributed by atoms with Crippen LogP contribution in [0.1, 0.15) is 11.1 Å². The zero-order valence-corrected chi connectivity index (χ0v) is 13.1. The Morgan fingerprint density at radius 3 is 2.15 bits per heavy atom. The van der Waals surface area contributed by atoms with Crippen molar-refractivity contribution in [3.05, 3.63) is 72.2 Å². The van der Waals surface area contributed by atoms with Crippen molar-refractivity contribution in [3.8, 4) is 0 Å². The lowest BCUT2D eigenvalue weighted by Crippen LogP contribution is -1.91. The summed E-state index contributed by atoms with van der Waals surface area (Å²) in [4.78, 5) is 10.5. The molecule has 0 unspecified atom stereocenters. The molecule has 0 amide bonds. The lowest BCUT2D eigenvalue weighted by Gasteiger charge is -2.01. The van der Waals surface area contributed by atoms with Crippen molar-refractivity contribution in [1.82, 2.24) is 0 Å². The van der Waals surface area contributed by atoms with Gasteiger partial charge >= 0.3 is 0 Å². The van der Waals surface area contributed by atoms with E-state index in [0.29, 0.717) is 15.6 Å². The maximum Gasteiger partial charge on any atom is 0.278 e. The molecule has 0 aliphatic carbocycles. The van der Waals surface area contributed by atoms with Gasteiger partial charge in [0, 0.05) is 20.6 Å². The van der Waals surface area contributed by atoms with Crippen LogP contribution in [0.5, 0.6) is 0 Å². The number of hydrogen-bond donors (Lipinski definition) is 0. The molecule has 0 bridgehead atoms. The summed E-state index contributed by atoms with van der Waals surface area (Å²) < 4.78 is 0.817. The maximum absolute atomic E-state index is 11.0. The Kier molecular flexibility index (Phi) is 4.81. The van der Waals surface area contributed by atoms with Crippen LogP contribution in [-0.2, 0) is 0 Å². The molecule has 0 aliphatic heterocycles. The summed E-state index contributed by atoms with van der Waals surface area (Å²) >= 11 is 15.0. The van der Waals surface area contributed by atoms with E-state index in [1.807, 2.05) is 6.07 Å². The van der Waals surface area contributed by atoms with Gasteiger partial charge in [-0.15, -0.1) is 0 Å². The first-order valence-electron chi connectivity index (χ1n) is 5.54. The Morgan fingerprint density at radius 1 is 1.00 bits per heavy atom. The largest absolute Gasteiger partial charge is 0.278 e. The number of nitrogens with zero attached hydrogens (tertiary/aromatic N) is 1. The van der Waals surface area contributed by atoms with Gasteiger partial charge in [-0.1, -0.05) is 51.3 Å². The van der Waals surface area contributed by atoms with Crippen LogP contribution in [0.4, 0.5) is 5.69 Å². The van der Waals surface area contributed by atoms with E-state index in [0.717, 1.165) is 10.0 Å². The van der Waals surface area contributed by atoms with Crippen molar-refractivity contribution in [2.45, 2.75) is 0 Å². The maximum atomic E-state index is 11.0. The third-order valence-corrected chi connectivity index (χ3v) is 3.75. The molecule has 0 fully saturated rings. The molecule has 0 spiro atoms. The highest BCUT2D eigenvalue weighted by Gasteiger charge is 2.11. The standard InChI is InChI=1S/C14H8BrCl2NO2/c15-13-7-11(16)5-3-9(13)1-2-10-4-6-12(17)8-14(10)18(19)20/h1-8H. The average molecular weight is 373 g/mol. The fraction of sp³-hybridized carbons (Fsp3) is 0. The summed E-state index contributed by atoms with van der Waals surface area (Å²) in [5, 5.41) is 11.9. The Balaban J connectivity index is 2.38. The molecule has 0 aliphatic rings. The van der Waals surface area contributed by atoms with E-state index in [-0.39, 0.29) is 5.69 Å². The van der Waals surface area contributed by atoms with Gasteiger partial charge in [0.05, 0.1) is 10.5 Å². The van der Waals surface area contributed by atoms with Crippen molar-refractivity contribution in [2.24, 2.45) is 0 Å². The number of nitro benzene ring substituents is 1. The first-order chi connectivity index (χ1) is 9.47. The molecule has 0 N–H and O–H groups in total. The first-order valence-corrected chi connectivity index (χ1v) is 7.09. The summed E-state index contributed by atoms with van der Waals surface area (Å²) in [5.74, 6) is 0. The minimum Gasteiger partial charge on any atom is -0.258 e. The van der Waals surface area contributed by atoms with Crippen molar-refractivity contribution >= 4 is 57.0 Å². The van der Waals surface area contributed by atoms with E-state index in [1.54, 1.807) is 36.4 Å². The molecule has 2 aromatic carbocycles. The summed E-state index contributed by atoms with van der Waals surface area (Å²) in [6.07, 6.45) is 3.44. The van der Waals surface area contributed by atoms with E-state index < -0.39 is 4.92 Å². The first kappa shape index (κ1) is 15.0. The van der Waals surface area contributed by atoms with Gasteiger partial charge in [0.15, 0.2) is 0 Å². The van der Waals surface area contributed by atoms with Gasteiger partial charge < -0.3 is 0 Å². The summed E-state index contributed by atoms with van der Waals surface area (Å²) in [7, 11) is 0. The van der Waals surface area contributed by atoms with Crippen LogP contribution in [0.15, 0.2) is 40.9 Å². The van der Waals surface area contributed by atoms with Crippen LogP contribution in [-0.4, -0.2) is 4.92 Å². The predicted octanol–water partition coefficient (Wildman–Crippen LogP) is 5.83. The minimum absolute atomic E-state index is 0.0289. The second-order valence-corrected chi connectivity index (χ2v) is 5.69. The van der Waals surface area contributed by atoms with E-state index in [4.69, 9.17) is 23.2 Å². The topological polar surface area (TPSA) is 43.1 Å². The molecule has 2 aromatic rings. The lowest BCUT2D eigenvalue weighted by atomic mass is 10.1. The van der Waals surface area contributed by atoms with Gasteiger partial charge in [-0.05, 0) is 35.9 Å². The molecule has 0 saturated heterocycles. The van der Waals surface area contributed by atoms with Crippen molar-refractivity contribution in [3.63, 3.8) is 0 Å². The number of nitro groups is 1. The molecular formula is C14H8BrCl2NO2. The van der Waals surface area contributed by atoms with Crippen LogP contribution in [0.2, 0.25) is 10.0 Å². The Morgan fingerprint density at radius 2 is 1.55 bits per heavy atom. The minimum atomic E-state index is -0.456. The zero-order chi connectivity index (χ0) is 14.7. The Labute approximate surface area is 134 Å². The van der Waals surface area contributed by atoms with Crippen LogP contribution < -0.4 is 0 Å². The number of rotatable bonds is 3. The second-order valence-electron chi connectivity index (χ2n) is 3.96. The molecule has 0 saturated carbocycles. The van der Waals surface area contributed by atoms with Crippen LogP contribution in [0, 0.1) is 10.1 Å². The molecule has 2 rings (SSSR count). The molecule has 20 heavy (non-hydrogen) atoms. The summed E-state index contributed by atoms with van der Waals surface area (Å²) in [5.41, 5.74) is 1.33. The highest BCUT2D eigenvalue weighted by Crippen LogP contribution is 2.27.